The Hall–Kier alpha value is -11.5. The second kappa shape index (κ2) is 37.4. The summed E-state index contributed by atoms with van der Waals surface area (Å²) in [4.78, 5) is 61.2. The summed E-state index contributed by atoms with van der Waals surface area (Å²) in [6.45, 7) is 7.56. The number of anilines is 8. The number of ether oxygens (including phenoxy) is 1. The van der Waals surface area contributed by atoms with Crippen molar-refractivity contribution in [3.63, 3.8) is 0 Å². The Kier molecular flexibility index (Phi) is 26.7. The molecule has 0 spiro atoms. The van der Waals surface area contributed by atoms with Gasteiger partial charge in [0.25, 0.3) is 10.0 Å². The smallest absolute Gasteiger partial charge is 0.338 e. The highest BCUT2D eigenvalue weighted by molar-refractivity contribution is 7.93. The molecule has 2 unspecified atom stereocenters. The number of aliphatic carboxylic acids is 1. The first-order valence-electron chi connectivity index (χ1n) is 37.5. The van der Waals surface area contributed by atoms with Crippen LogP contribution in [-0.2, 0) is 40.6 Å². The molecule has 0 aliphatic heterocycles. The van der Waals surface area contributed by atoms with Gasteiger partial charge in [-0.05, 0) is 127 Å². The zero-order chi connectivity index (χ0) is 83.4. The summed E-state index contributed by atoms with van der Waals surface area (Å²) in [6, 6.07) is 21.3. The number of nitrogens with zero attached hydrogens (tertiary/aromatic N) is 12. The number of carboxylic acid groups (broad SMARTS) is 1. The third kappa shape index (κ3) is 22.4. The van der Waals surface area contributed by atoms with Crippen molar-refractivity contribution in [1.29, 1.82) is 0 Å². The third-order valence-electron chi connectivity index (χ3n) is 18.2. The van der Waals surface area contributed by atoms with Crippen LogP contribution in [0, 0.1) is 37.0 Å². The Morgan fingerprint density at radius 1 is 0.568 bits per heavy atom. The molecule has 1 amide bonds. The molecule has 12 aromatic rings. The number of nitrogens with one attached hydrogen (secondary N) is 10. The summed E-state index contributed by atoms with van der Waals surface area (Å²) in [5.74, 6) is 14.6. The average Bonchev–Trinajstić information content (AvgIpc) is 1.89. The van der Waals surface area contributed by atoms with E-state index in [0.717, 1.165) is 97.8 Å². The van der Waals surface area contributed by atoms with Crippen molar-refractivity contribution in [3.8, 4) is 79.8 Å². The number of aromatic amines is 4. The molecule has 0 radical (unpaired) electrons. The number of carbonyl (C=O) groups excluding carboxylic acids is 1. The molecule has 16 rings (SSSR count). The van der Waals surface area contributed by atoms with Crippen LogP contribution in [0.3, 0.4) is 0 Å². The summed E-state index contributed by atoms with van der Waals surface area (Å²) in [6.07, 6.45) is 31.6. The molecule has 0 saturated heterocycles. The van der Waals surface area contributed by atoms with Gasteiger partial charge < -0.3 is 51.7 Å². The van der Waals surface area contributed by atoms with Crippen LogP contribution in [0.5, 0.6) is 0 Å². The number of aromatic nitrogens is 16. The third-order valence-corrected chi connectivity index (χ3v) is 27.3. The number of hydrogen-bond donors (Lipinski definition) is 14. The predicted octanol–water partition coefficient (Wildman–Crippen LogP) is 15.2. The van der Waals surface area contributed by atoms with Gasteiger partial charge in [0, 0.05) is 180 Å². The molecular weight excluding hydrogens is 1630 g/mol. The van der Waals surface area contributed by atoms with Crippen LogP contribution in [0.2, 0.25) is 0 Å². The van der Waals surface area contributed by atoms with E-state index in [0.29, 0.717) is 162 Å². The number of aliphatic hydroxyl groups is 3. The predicted molar refractivity (Wildman–Crippen MR) is 476 cm³/mol. The SMILES string of the molecule is C#Cc1cnc(-c2ccc(C(O)C(=O)O)s2)nc1Nc1cc(C2CC2)[nH]n1.C#Cc1cnc(-c2ccc(C(O)CCOC)s2)nc1Nc1cc(C2CC2)[nH]n1.C#Cc1cnc(-c2ccc(S(=O)(=O)CCCNC(C)=O)s2)nc1Nc1cc(C2CC2)[nH]n1.CC(C)(C)NS(=O)(=O)c1ccc(-c2ncc(CCO)c(Nc3cc(C4CC4)[nH]n3)n2)s1.[HH].[HH].[HH].[HH].[HH].[HH].[HH].[HH].[HH].[HH].[HH].[HH]. The Bertz CT molecular complexity index is 6000. The van der Waals surface area contributed by atoms with Gasteiger partial charge in [0.1, 0.15) is 14.2 Å². The van der Waals surface area contributed by atoms with E-state index < -0.39 is 43.6 Å². The van der Waals surface area contributed by atoms with E-state index in [1.807, 2.05) is 36.4 Å². The number of H-pyrrole nitrogens is 4. The fourth-order valence-electron chi connectivity index (χ4n) is 11.6. The minimum Gasteiger partial charge on any atom is -0.479 e. The summed E-state index contributed by atoms with van der Waals surface area (Å²) in [5, 5.41) is 82.7. The Morgan fingerprint density at radius 3 is 1.35 bits per heavy atom. The van der Waals surface area contributed by atoms with E-state index in [9.17, 15) is 41.7 Å². The summed E-state index contributed by atoms with van der Waals surface area (Å²) in [5.41, 5.74) is 6.09. The number of amides is 1. The van der Waals surface area contributed by atoms with Crippen molar-refractivity contribution >= 4 is 124 Å². The maximum absolute atomic E-state index is 12.6. The summed E-state index contributed by atoms with van der Waals surface area (Å²) >= 11 is 4.78. The van der Waals surface area contributed by atoms with E-state index in [-0.39, 0.29) is 43.8 Å². The highest BCUT2D eigenvalue weighted by Crippen LogP contribution is 2.44. The first kappa shape index (κ1) is 84.4. The van der Waals surface area contributed by atoms with E-state index in [1.165, 1.54) is 56.3 Å². The van der Waals surface area contributed by atoms with Crippen molar-refractivity contribution in [2.24, 2.45) is 0 Å². The summed E-state index contributed by atoms with van der Waals surface area (Å²) < 4.78 is 58.5. The van der Waals surface area contributed by atoms with Crippen molar-refractivity contribution in [2.75, 3.05) is 53.9 Å². The van der Waals surface area contributed by atoms with Gasteiger partial charge in [0.15, 0.2) is 80.0 Å². The number of aliphatic hydroxyl groups excluding tert-OH is 3. The zero-order valence-corrected chi connectivity index (χ0v) is 69.4. The Morgan fingerprint density at radius 2 is 0.949 bits per heavy atom. The van der Waals surface area contributed by atoms with Gasteiger partial charge in [0.2, 0.25) is 5.91 Å². The molecule has 4 aliphatic carbocycles. The number of methoxy groups -OCH3 is 1. The van der Waals surface area contributed by atoms with Crippen molar-refractivity contribution in [2.45, 2.75) is 148 Å². The first-order valence-corrected chi connectivity index (χ1v) is 43.9. The number of hydrogen-bond acceptors (Lipinski definition) is 30. The molecule has 14 N–H and O–H groups in total. The van der Waals surface area contributed by atoms with Gasteiger partial charge in [-0.25, -0.2) is 66.2 Å². The molecule has 0 bridgehead atoms. The maximum atomic E-state index is 12.6. The fraction of sp³-hybridized carbons (Fsp3) is 0.342. The lowest BCUT2D eigenvalue weighted by Gasteiger charge is -2.19. The van der Waals surface area contributed by atoms with Crippen LogP contribution in [0.1, 0.15) is 200 Å². The topological polar surface area (TPSA) is 483 Å². The van der Waals surface area contributed by atoms with E-state index in [1.54, 1.807) is 76.7 Å². The van der Waals surface area contributed by atoms with Gasteiger partial charge in [-0.2, -0.15) is 20.4 Å². The van der Waals surface area contributed by atoms with Gasteiger partial charge in [0.05, 0.1) is 48.1 Å². The Balaban J connectivity index is 0.000000842. The van der Waals surface area contributed by atoms with E-state index in [4.69, 9.17) is 29.1 Å². The second-order valence-corrected chi connectivity index (χ2v) is 37.6. The molecule has 636 valence electrons. The van der Waals surface area contributed by atoms with Crippen LogP contribution in [0.25, 0.3) is 42.8 Å². The maximum Gasteiger partial charge on any atom is 0.338 e. The lowest BCUT2D eigenvalue weighted by Crippen LogP contribution is -2.40. The highest BCUT2D eigenvalue weighted by Gasteiger charge is 2.31. The number of carboxylic acids is 1. The molecule has 39 heteroatoms. The highest BCUT2D eigenvalue weighted by atomic mass is 32.2. The minimum absolute atomic E-state index is 0. The van der Waals surface area contributed by atoms with Crippen LogP contribution in [0.4, 0.5) is 46.5 Å². The normalized spacial score (nSPS) is 14.3. The number of terminal acetylenes is 3. The number of carbonyl (C=O) groups is 2. The molecule has 4 saturated carbocycles. The molecule has 4 fully saturated rings. The van der Waals surface area contributed by atoms with Gasteiger partial charge in [-0.3, -0.25) is 25.2 Å². The summed E-state index contributed by atoms with van der Waals surface area (Å²) in [7, 11) is -5.48. The quantitative estimate of drug-likeness (QED) is 0.0142. The molecule has 0 aromatic carbocycles. The van der Waals surface area contributed by atoms with Crippen LogP contribution >= 0.6 is 45.3 Å². The van der Waals surface area contributed by atoms with Crippen LogP contribution in [0.15, 0.2) is 106 Å². The number of thiophene rings is 4. The molecular formula is C79H108N22O11S6. The lowest BCUT2D eigenvalue weighted by molar-refractivity contribution is -0.146. The number of sulfonamides is 1. The van der Waals surface area contributed by atoms with Crippen molar-refractivity contribution in [3.05, 3.63) is 152 Å². The number of rotatable bonds is 31. The molecule has 12 heterocycles. The molecule has 33 nitrogen and oxygen atoms in total. The van der Waals surface area contributed by atoms with Crippen molar-refractivity contribution < 1.29 is 68.7 Å². The molecule has 4 aliphatic rings. The van der Waals surface area contributed by atoms with Gasteiger partial charge >= 0.3 is 5.97 Å². The average molecular weight is 1730 g/mol. The fourth-order valence-corrected chi connectivity index (χ4v) is 18.9. The zero-order valence-electron chi connectivity index (χ0n) is 64.5. The molecule has 12 aromatic heterocycles. The standard InChI is InChI=1S/C21H22N6O3S2.C20H26N6O3S2.C20H21N5O2S.C18H15N5O3S.12H2/c1-3-14-12-23-21(25-20(14)24-18-11-16(26-27-18)15-5-6-15)17-7-8-19(31-17)32(29,30)10-4-9-22-13(2)28;1-20(2,3)26-31(28,29)17-7-6-15(30-17)19-21-11-13(8-9-27)18(23-19)22-16-10-14(24-25-16)12-4-5-12;1-3-12-11-21-20(17-7-6-16(28-17)15(26)8-9-27-2)23-19(12)22-18-10-14(24-25-18)13-4-5-13;1-2-9-8-19-17(13-6-5-12(27-13)15(24)18(25)26)21-16(9)20-14-7-11(22-23-14)10-3-4-10;;;;;;;;;;;;/h1,7-8,11-12,15H,4-6,9-10H2,2H3,(H,22,28)(H2,23,24,25,26,27);6-7,10-12,26-27H,4-5,8-9H2,1-3H3,(H2,21,22,23,24,25);1,6-7,10-11,13,15,26H,4-5,8-9H2,2H3,(H2,21,22,23,24,25);1,5-8,10,15,24H,3-4H2,(H,25,26)(H2,19,20,21,22,23);12*1H. The van der Waals surface area contributed by atoms with Crippen LogP contribution in [-0.4, -0.2) is 168 Å². The minimum atomic E-state index is -3.63. The largest absolute Gasteiger partial charge is 0.479 e. The first-order chi connectivity index (χ1) is 56.7. The van der Waals surface area contributed by atoms with Gasteiger partial charge in [-0.15, -0.1) is 64.6 Å². The van der Waals surface area contributed by atoms with Crippen LogP contribution < -0.4 is 31.3 Å². The van der Waals surface area contributed by atoms with E-state index in [2.05, 4.69) is 130 Å². The number of sulfone groups is 1. The molecule has 2 atom stereocenters. The van der Waals surface area contributed by atoms with Gasteiger partial charge in [-0.1, -0.05) is 17.8 Å². The van der Waals surface area contributed by atoms with E-state index >= 15 is 0 Å². The molecule has 118 heavy (non-hydrogen) atoms. The Labute approximate surface area is 713 Å². The van der Waals surface area contributed by atoms with Crippen molar-refractivity contribution in [1.82, 2.24) is 90.7 Å². The second-order valence-electron chi connectivity index (χ2n) is 29.0. The lowest BCUT2D eigenvalue weighted by atomic mass is 10.1. The monoisotopic (exact) mass is 1730 g/mol.